The van der Waals surface area contributed by atoms with Crippen LogP contribution >= 0.6 is 0 Å². The highest BCUT2D eigenvalue weighted by Gasteiger charge is 2.53. The number of rotatable bonds is 2. The summed E-state index contributed by atoms with van der Waals surface area (Å²) in [5, 5.41) is 4.01. The molecule has 0 radical (unpaired) electrons. The minimum absolute atomic E-state index is 0.0193. The summed E-state index contributed by atoms with van der Waals surface area (Å²) < 4.78 is 11.3. The Hall–Kier alpha value is -2.96. The van der Waals surface area contributed by atoms with Gasteiger partial charge in [0.25, 0.3) is 5.91 Å². The van der Waals surface area contributed by atoms with Crippen LogP contribution in [0.4, 0.5) is 5.82 Å². The van der Waals surface area contributed by atoms with Crippen molar-refractivity contribution < 1.29 is 18.8 Å². The van der Waals surface area contributed by atoms with Crippen molar-refractivity contribution in [2.24, 2.45) is 5.92 Å². The average molecular weight is 365 g/mol. The molecule has 2 aromatic rings. The van der Waals surface area contributed by atoms with E-state index in [0.29, 0.717) is 17.2 Å². The largest absolute Gasteiger partial charge is 0.483 e. The van der Waals surface area contributed by atoms with Gasteiger partial charge in [-0.15, -0.1) is 0 Å². The maximum atomic E-state index is 13.4. The smallest absolute Gasteiger partial charge is 0.295 e. The molecular formula is C20H19N3O4. The Kier molecular flexibility index (Phi) is 3.63. The number of anilines is 1. The van der Waals surface area contributed by atoms with E-state index in [1.54, 1.807) is 31.5 Å². The first-order chi connectivity index (χ1) is 13.1. The van der Waals surface area contributed by atoms with Crippen molar-refractivity contribution in [3.05, 3.63) is 53.2 Å². The molecule has 27 heavy (non-hydrogen) atoms. The van der Waals surface area contributed by atoms with Crippen LogP contribution in [0.1, 0.15) is 43.0 Å². The van der Waals surface area contributed by atoms with Gasteiger partial charge < -0.3 is 9.26 Å². The van der Waals surface area contributed by atoms with Crippen molar-refractivity contribution in [3.63, 3.8) is 0 Å². The first-order valence-electron chi connectivity index (χ1n) is 9.27. The molecule has 138 valence electrons. The fourth-order valence-electron chi connectivity index (χ4n) is 4.40. The molecule has 0 aromatic carbocycles. The van der Waals surface area contributed by atoms with Gasteiger partial charge in [0.2, 0.25) is 0 Å². The summed E-state index contributed by atoms with van der Waals surface area (Å²) in [6.45, 7) is 1.76. The van der Waals surface area contributed by atoms with Crippen LogP contribution in [0.25, 0.3) is 0 Å². The fraction of sp³-hybridized carbons (Fsp3) is 0.400. The Balaban J connectivity index is 1.66. The van der Waals surface area contributed by atoms with E-state index in [9.17, 15) is 9.59 Å². The minimum Gasteiger partial charge on any atom is -0.483 e. The molecule has 1 saturated carbocycles. The van der Waals surface area contributed by atoms with Gasteiger partial charge in [-0.05, 0) is 37.8 Å². The van der Waals surface area contributed by atoms with E-state index in [1.807, 2.05) is 6.07 Å². The number of amides is 1. The molecule has 4 heterocycles. The maximum absolute atomic E-state index is 13.4. The molecule has 2 aromatic heterocycles. The van der Waals surface area contributed by atoms with E-state index in [4.69, 9.17) is 9.26 Å². The van der Waals surface area contributed by atoms with Crippen LogP contribution in [0.15, 0.2) is 46.4 Å². The number of fused-ring (bicyclic) bond motifs is 1. The van der Waals surface area contributed by atoms with E-state index < -0.39 is 6.04 Å². The lowest BCUT2D eigenvalue weighted by Gasteiger charge is -2.35. The Morgan fingerprint density at radius 1 is 1.22 bits per heavy atom. The molecule has 0 bridgehead atoms. The Morgan fingerprint density at radius 3 is 2.81 bits per heavy atom. The second-order valence-corrected chi connectivity index (χ2v) is 7.31. The van der Waals surface area contributed by atoms with Crippen LogP contribution in [0.5, 0.6) is 0 Å². The molecule has 1 amide bonds. The van der Waals surface area contributed by atoms with E-state index in [1.165, 1.54) is 4.90 Å². The Bertz CT molecular complexity index is 949. The van der Waals surface area contributed by atoms with Crippen molar-refractivity contribution in [2.45, 2.75) is 44.8 Å². The predicted molar refractivity (Wildman–Crippen MR) is 94.6 cm³/mol. The molecule has 3 atom stereocenters. The van der Waals surface area contributed by atoms with E-state index in [2.05, 4.69) is 10.1 Å². The fourth-order valence-corrected chi connectivity index (χ4v) is 4.40. The van der Waals surface area contributed by atoms with Crippen molar-refractivity contribution in [3.8, 4) is 0 Å². The lowest BCUT2D eigenvalue weighted by atomic mass is 9.78. The summed E-state index contributed by atoms with van der Waals surface area (Å²) in [6.07, 6.45) is 6.77. The number of aryl methyl sites for hydroxylation is 1. The van der Waals surface area contributed by atoms with Crippen LogP contribution in [0, 0.1) is 12.8 Å². The van der Waals surface area contributed by atoms with Crippen molar-refractivity contribution in [2.75, 3.05) is 4.90 Å². The third-order valence-electron chi connectivity index (χ3n) is 5.63. The third-order valence-corrected chi connectivity index (χ3v) is 5.63. The summed E-state index contributed by atoms with van der Waals surface area (Å²) in [5.41, 5.74) is 1.18. The molecular weight excluding hydrogens is 346 g/mol. The maximum Gasteiger partial charge on any atom is 0.295 e. The number of pyridine rings is 1. The highest BCUT2D eigenvalue weighted by atomic mass is 16.5. The minimum atomic E-state index is -0.596. The highest BCUT2D eigenvalue weighted by molar-refractivity contribution is 6.17. The number of Topliss-reactive ketones (excluding diaryl/α,β-unsaturated/α-hetero) is 1. The van der Waals surface area contributed by atoms with Crippen LogP contribution in [0.2, 0.25) is 0 Å². The summed E-state index contributed by atoms with van der Waals surface area (Å²) in [4.78, 5) is 32.3. The van der Waals surface area contributed by atoms with Gasteiger partial charge in [-0.1, -0.05) is 17.6 Å². The summed E-state index contributed by atoms with van der Waals surface area (Å²) in [5.74, 6) is 0.630. The quantitative estimate of drug-likeness (QED) is 0.813. The normalized spacial score (nSPS) is 27.4. The average Bonchev–Trinajstić information content (AvgIpc) is 3.24. The summed E-state index contributed by atoms with van der Waals surface area (Å²) in [6, 6.07) is 4.75. The van der Waals surface area contributed by atoms with Gasteiger partial charge in [0, 0.05) is 18.5 Å². The number of carbonyl (C=O) groups is 2. The predicted octanol–water partition coefficient (Wildman–Crippen LogP) is 2.88. The first-order valence-corrected chi connectivity index (χ1v) is 9.27. The van der Waals surface area contributed by atoms with Gasteiger partial charge in [0.1, 0.15) is 11.9 Å². The number of aromatic nitrogens is 2. The first kappa shape index (κ1) is 16.2. The lowest BCUT2D eigenvalue weighted by molar-refractivity contribution is -0.131. The van der Waals surface area contributed by atoms with Crippen molar-refractivity contribution >= 4 is 17.5 Å². The van der Waals surface area contributed by atoms with Gasteiger partial charge in [-0.25, -0.2) is 0 Å². The third kappa shape index (κ3) is 2.41. The second kappa shape index (κ2) is 6.04. The van der Waals surface area contributed by atoms with Crippen LogP contribution < -0.4 is 4.90 Å². The standard InChI is InChI=1S/C20H19N3O4/c1-11-9-15(22-27-11)23-17(12-5-4-8-21-10-12)16-18(24)13-6-2-3-7-14(13)26-19(16)20(23)25/h4-5,8-10,13-14,17H,2-3,6-7H2,1H3. The molecule has 3 aliphatic rings. The summed E-state index contributed by atoms with van der Waals surface area (Å²) in [7, 11) is 0. The van der Waals surface area contributed by atoms with Crippen LogP contribution in [-0.4, -0.2) is 27.9 Å². The van der Waals surface area contributed by atoms with Crippen molar-refractivity contribution in [1.82, 2.24) is 10.1 Å². The zero-order valence-electron chi connectivity index (χ0n) is 14.9. The van der Waals surface area contributed by atoms with Gasteiger partial charge >= 0.3 is 0 Å². The summed E-state index contributed by atoms with van der Waals surface area (Å²) >= 11 is 0. The highest BCUT2D eigenvalue weighted by Crippen LogP contribution is 2.47. The van der Waals surface area contributed by atoms with Crippen molar-refractivity contribution in [1.29, 1.82) is 0 Å². The Labute approximate surface area is 156 Å². The molecule has 3 unspecified atom stereocenters. The zero-order chi connectivity index (χ0) is 18.5. The monoisotopic (exact) mass is 365 g/mol. The molecule has 7 nitrogen and oxygen atoms in total. The number of nitrogens with zero attached hydrogens (tertiary/aromatic N) is 3. The van der Waals surface area contributed by atoms with Gasteiger partial charge in [-0.3, -0.25) is 19.5 Å². The molecule has 5 rings (SSSR count). The zero-order valence-corrected chi connectivity index (χ0v) is 14.9. The molecule has 2 aliphatic heterocycles. The van der Waals surface area contributed by atoms with E-state index in [0.717, 1.165) is 31.2 Å². The molecule has 1 fully saturated rings. The molecule has 0 spiro atoms. The van der Waals surface area contributed by atoms with Crippen LogP contribution in [0.3, 0.4) is 0 Å². The van der Waals surface area contributed by atoms with Gasteiger partial charge in [-0.2, -0.15) is 0 Å². The lowest BCUT2D eigenvalue weighted by Crippen LogP contribution is -2.39. The number of ketones is 1. The van der Waals surface area contributed by atoms with Gasteiger partial charge in [0.05, 0.1) is 17.5 Å². The van der Waals surface area contributed by atoms with E-state index >= 15 is 0 Å². The number of ether oxygens (including phenoxy) is 1. The number of hydrogen-bond donors (Lipinski definition) is 0. The second-order valence-electron chi connectivity index (χ2n) is 7.31. The molecule has 0 N–H and O–H groups in total. The SMILES string of the molecule is Cc1cc(N2C(=O)C3=C(C(=O)C4CCCCC4O3)C2c2cccnc2)no1. The van der Waals surface area contributed by atoms with Gasteiger partial charge in [0.15, 0.2) is 17.4 Å². The number of carbonyl (C=O) groups excluding carboxylic acids is 2. The number of hydrogen-bond acceptors (Lipinski definition) is 6. The topological polar surface area (TPSA) is 85.5 Å². The molecule has 7 heteroatoms. The molecule has 1 aliphatic carbocycles. The Morgan fingerprint density at radius 2 is 2.07 bits per heavy atom. The molecule has 0 saturated heterocycles. The van der Waals surface area contributed by atoms with Crippen LogP contribution in [-0.2, 0) is 14.3 Å². The van der Waals surface area contributed by atoms with E-state index in [-0.39, 0.29) is 29.5 Å².